The molecule has 1 aliphatic heterocycles. The Morgan fingerprint density at radius 3 is 1.60 bits per heavy atom. The second-order valence-corrected chi connectivity index (χ2v) is 5.63. The number of nitrogens with zero attached hydrogens (tertiary/aromatic N) is 2. The van der Waals surface area contributed by atoms with Crippen molar-refractivity contribution in [2.24, 2.45) is 0 Å². The fourth-order valence-corrected chi connectivity index (χ4v) is 2.46. The smallest absolute Gasteiger partial charge is 0.182 e. The minimum Gasteiger partial charge on any atom is -0.345 e. The molecule has 0 N–H and O–H groups in total. The molecule has 3 rings (SSSR count). The summed E-state index contributed by atoms with van der Waals surface area (Å²) in [6.07, 6.45) is 3.30. The van der Waals surface area contributed by atoms with Gasteiger partial charge in [-0.05, 0) is 24.3 Å². The predicted molar refractivity (Wildman–Crippen MR) is 88.3 cm³/mol. The molecule has 6 heteroatoms. The van der Waals surface area contributed by atoms with Crippen LogP contribution in [0.3, 0.4) is 0 Å². The summed E-state index contributed by atoms with van der Waals surface area (Å²) in [5.41, 5.74) is 0.576. The maximum atomic E-state index is 13.2. The molecule has 2 aromatic rings. The van der Waals surface area contributed by atoms with E-state index in [0.29, 0.717) is 0 Å². The number of halogens is 2. The van der Waals surface area contributed by atoms with Crippen molar-refractivity contribution in [1.29, 1.82) is 0 Å². The van der Waals surface area contributed by atoms with Crippen LogP contribution in [0.5, 0.6) is 0 Å². The van der Waals surface area contributed by atoms with Crippen molar-refractivity contribution in [3.63, 3.8) is 0 Å². The third-order valence-corrected chi connectivity index (χ3v) is 3.69. The van der Waals surface area contributed by atoms with E-state index in [0.717, 1.165) is 0 Å². The number of hydrogen-bond acceptors (Lipinski definition) is 4. The van der Waals surface area contributed by atoms with Crippen LogP contribution in [-0.2, 0) is 0 Å². The van der Waals surface area contributed by atoms with Gasteiger partial charge in [0.15, 0.2) is 11.6 Å². The third kappa shape index (κ3) is 4.29. The monoisotopic (exact) mass is 341 g/mol. The number of carbonyl (C=O) groups is 2. The predicted octanol–water partition coefficient (Wildman–Crippen LogP) is 3.24. The first-order valence-corrected chi connectivity index (χ1v) is 7.63. The Morgan fingerprint density at radius 2 is 1.20 bits per heavy atom. The molecule has 0 spiro atoms. The largest absolute Gasteiger partial charge is 0.345 e. The third-order valence-electron chi connectivity index (χ3n) is 3.69. The van der Waals surface area contributed by atoms with Crippen LogP contribution in [0.1, 0.15) is 20.7 Å². The molecular formula is C19H15F2N2O2. The van der Waals surface area contributed by atoms with E-state index >= 15 is 0 Å². The maximum absolute atomic E-state index is 13.2. The van der Waals surface area contributed by atoms with Crippen LogP contribution in [0.2, 0.25) is 0 Å². The second kappa shape index (κ2) is 7.25. The summed E-state index contributed by atoms with van der Waals surface area (Å²) in [5.74, 6) is -1.40. The van der Waals surface area contributed by atoms with Crippen molar-refractivity contribution in [1.82, 2.24) is 9.80 Å². The Hall–Kier alpha value is -3.02. The van der Waals surface area contributed by atoms with Crippen molar-refractivity contribution in [3.05, 3.63) is 90.4 Å². The topological polar surface area (TPSA) is 40.6 Å². The van der Waals surface area contributed by atoms with Crippen molar-refractivity contribution in [2.75, 3.05) is 13.1 Å². The zero-order valence-electron chi connectivity index (χ0n) is 13.2. The molecule has 1 heterocycles. The Morgan fingerprint density at radius 1 is 0.760 bits per heavy atom. The first-order valence-electron chi connectivity index (χ1n) is 7.63. The molecule has 4 nitrogen and oxygen atoms in total. The summed E-state index contributed by atoms with van der Waals surface area (Å²) in [5, 5.41) is 0. The molecule has 1 aliphatic rings. The average Bonchev–Trinajstić information content (AvgIpc) is 3.01. The number of ketones is 2. The van der Waals surface area contributed by atoms with Gasteiger partial charge in [-0.25, -0.2) is 8.78 Å². The summed E-state index contributed by atoms with van der Waals surface area (Å²) >= 11 is 0. The lowest BCUT2D eigenvalue weighted by molar-refractivity contribution is 0.0947. The molecule has 1 radical (unpaired) electrons. The Bertz CT molecular complexity index is 768. The van der Waals surface area contributed by atoms with Crippen molar-refractivity contribution in [2.45, 2.75) is 0 Å². The van der Waals surface area contributed by atoms with Gasteiger partial charge in [0.25, 0.3) is 0 Å². The fraction of sp³-hybridized carbons (Fsp3) is 0.105. The van der Waals surface area contributed by atoms with E-state index in [4.69, 9.17) is 0 Å². The van der Waals surface area contributed by atoms with Gasteiger partial charge in [0, 0.05) is 23.5 Å². The maximum Gasteiger partial charge on any atom is 0.182 e. The minimum atomic E-state index is -0.464. The second-order valence-electron chi connectivity index (χ2n) is 5.63. The average molecular weight is 341 g/mol. The molecule has 0 amide bonds. The van der Waals surface area contributed by atoms with Crippen LogP contribution < -0.4 is 0 Å². The lowest BCUT2D eigenvalue weighted by atomic mass is 10.1. The summed E-state index contributed by atoms with van der Waals surface area (Å²) in [6, 6.07) is 11.0. The fourth-order valence-electron chi connectivity index (χ4n) is 2.46. The molecule has 0 fully saturated rings. The van der Waals surface area contributed by atoms with Crippen molar-refractivity contribution >= 4 is 11.6 Å². The van der Waals surface area contributed by atoms with Gasteiger partial charge in [-0.1, -0.05) is 24.3 Å². The molecule has 0 saturated carbocycles. The van der Waals surface area contributed by atoms with E-state index in [1.165, 1.54) is 36.4 Å². The lowest BCUT2D eigenvalue weighted by Gasteiger charge is -2.19. The van der Waals surface area contributed by atoms with E-state index in [1.807, 2.05) is 0 Å². The van der Waals surface area contributed by atoms with Crippen LogP contribution >= 0.6 is 0 Å². The Balaban J connectivity index is 1.54. The van der Waals surface area contributed by atoms with Crippen LogP contribution in [0.25, 0.3) is 0 Å². The van der Waals surface area contributed by atoms with Crippen LogP contribution in [0.15, 0.2) is 60.9 Å². The molecule has 2 aromatic carbocycles. The van der Waals surface area contributed by atoms with E-state index in [1.54, 1.807) is 41.0 Å². The normalized spacial score (nSPS) is 13.4. The molecule has 0 saturated heterocycles. The summed E-state index contributed by atoms with van der Waals surface area (Å²) in [4.78, 5) is 27.5. The molecule has 127 valence electrons. The number of hydrogen-bond donors (Lipinski definition) is 0. The molecule has 0 unspecified atom stereocenters. The minimum absolute atomic E-state index is 0.0324. The molecular weight excluding hydrogens is 326 g/mol. The van der Waals surface area contributed by atoms with Gasteiger partial charge in [-0.15, -0.1) is 0 Å². The van der Waals surface area contributed by atoms with Crippen LogP contribution in [0.4, 0.5) is 8.78 Å². The highest BCUT2D eigenvalue weighted by Gasteiger charge is 2.20. The van der Waals surface area contributed by atoms with Gasteiger partial charge < -0.3 is 9.80 Å². The zero-order chi connectivity index (χ0) is 17.8. The lowest BCUT2D eigenvalue weighted by Crippen LogP contribution is -2.28. The van der Waals surface area contributed by atoms with Gasteiger partial charge >= 0.3 is 0 Å². The molecule has 0 aliphatic carbocycles. The summed E-state index contributed by atoms with van der Waals surface area (Å²) in [7, 11) is 0. The van der Waals surface area contributed by atoms with Crippen molar-refractivity contribution < 1.29 is 18.4 Å². The van der Waals surface area contributed by atoms with E-state index < -0.39 is 11.6 Å². The van der Waals surface area contributed by atoms with E-state index in [2.05, 4.69) is 0 Å². The van der Waals surface area contributed by atoms with Crippen LogP contribution in [0, 0.1) is 18.3 Å². The van der Waals surface area contributed by atoms with Gasteiger partial charge in [0.2, 0.25) is 0 Å². The number of benzene rings is 2. The first kappa shape index (κ1) is 16.8. The van der Waals surface area contributed by atoms with Crippen LogP contribution in [-0.4, -0.2) is 34.5 Å². The highest BCUT2D eigenvalue weighted by molar-refractivity contribution is 5.98. The molecule has 25 heavy (non-hydrogen) atoms. The van der Waals surface area contributed by atoms with Crippen molar-refractivity contribution in [3.8, 4) is 0 Å². The SMILES string of the molecule is O=C(CN1[CH]N(CC(=O)c2cccc(F)c2)C=C1)c1cccc(F)c1. The number of Topliss-reactive ketones (excluding diaryl/α,β-unsaturated/α-hetero) is 2. The number of carbonyl (C=O) groups excluding carboxylic acids is 2. The number of rotatable bonds is 6. The first-order chi connectivity index (χ1) is 12.0. The highest BCUT2D eigenvalue weighted by atomic mass is 19.1. The van der Waals surface area contributed by atoms with Gasteiger partial charge in [-0.3, -0.25) is 9.59 Å². The highest BCUT2D eigenvalue weighted by Crippen LogP contribution is 2.15. The van der Waals surface area contributed by atoms with E-state index in [-0.39, 0.29) is 35.8 Å². The van der Waals surface area contributed by atoms with Gasteiger partial charge in [0.1, 0.15) is 18.3 Å². The quantitative estimate of drug-likeness (QED) is 0.757. The molecule has 0 bridgehead atoms. The summed E-state index contributed by atoms with van der Waals surface area (Å²) < 4.78 is 26.4. The molecule has 0 atom stereocenters. The van der Waals surface area contributed by atoms with E-state index in [9.17, 15) is 18.4 Å². The summed E-state index contributed by atoms with van der Waals surface area (Å²) in [6.45, 7) is 1.67. The standard InChI is InChI=1S/C19H15F2N2O2/c20-16-5-1-3-14(9-16)18(24)11-22-7-8-23(13-22)12-19(25)15-4-2-6-17(21)10-15/h1-10,13H,11-12H2. The zero-order valence-corrected chi connectivity index (χ0v) is 13.2. The Kier molecular flexibility index (Phi) is 4.88. The van der Waals surface area contributed by atoms with Gasteiger partial charge in [0.05, 0.1) is 13.1 Å². The Labute approximate surface area is 144 Å². The van der Waals surface area contributed by atoms with Gasteiger partial charge in [-0.2, -0.15) is 0 Å². The molecule has 0 aromatic heterocycles.